The van der Waals surface area contributed by atoms with Crippen LogP contribution in [0.5, 0.6) is 17.4 Å². The molecule has 2 heterocycles. The van der Waals surface area contributed by atoms with Crippen LogP contribution in [0.1, 0.15) is 24.8 Å². The molecule has 0 saturated carbocycles. The fourth-order valence-corrected chi connectivity index (χ4v) is 4.49. The molecule has 1 fully saturated rings. The maximum atomic E-state index is 11.6. The summed E-state index contributed by atoms with van der Waals surface area (Å²) in [6.07, 6.45) is 7.40. The van der Waals surface area contributed by atoms with Gasteiger partial charge in [0.25, 0.3) is 0 Å². The number of rotatable bonds is 9. The van der Waals surface area contributed by atoms with Crippen molar-refractivity contribution < 1.29 is 14.3 Å². The molecule has 0 bridgehead atoms. The minimum absolute atomic E-state index is 0.181. The molecule has 8 nitrogen and oxygen atoms in total. The molecule has 0 radical (unpaired) electrons. The standard InChI is InChI=1S/C28H32ClN5O3/c1-4-26(35)31-21-8-5-9-22(17-21)37-27-23(29)18-30-28(33-27)32-24-11-10-20(16-25(24)36-3)15-19-7-6-13-34(2)14-12-19/h4-5,8-11,16-19H,1,6-7,12-15H2,2-3H3,(H,31,35)(H,30,32,33). The van der Waals surface area contributed by atoms with E-state index < -0.39 is 0 Å². The Kier molecular flexibility index (Phi) is 8.98. The van der Waals surface area contributed by atoms with Crippen molar-refractivity contribution in [3.63, 3.8) is 0 Å². The van der Waals surface area contributed by atoms with Crippen LogP contribution in [0.4, 0.5) is 17.3 Å². The summed E-state index contributed by atoms with van der Waals surface area (Å²) >= 11 is 6.30. The molecule has 3 aromatic rings. The molecule has 37 heavy (non-hydrogen) atoms. The summed E-state index contributed by atoms with van der Waals surface area (Å²) in [5.41, 5.74) is 2.56. The van der Waals surface area contributed by atoms with Gasteiger partial charge in [0.1, 0.15) is 16.5 Å². The van der Waals surface area contributed by atoms with E-state index in [1.165, 1.54) is 43.6 Å². The fourth-order valence-electron chi connectivity index (χ4n) is 4.36. The molecule has 1 saturated heterocycles. The zero-order chi connectivity index (χ0) is 26.2. The number of hydrogen-bond donors (Lipinski definition) is 2. The van der Waals surface area contributed by atoms with E-state index in [0.29, 0.717) is 23.3 Å². The molecule has 1 aliphatic rings. The van der Waals surface area contributed by atoms with Crippen LogP contribution in [0, 0.1) is 5.92 Å². The molecular weight excluding hydrogens is 490 g/mol. The minimum Gasteiger partial charge on any atom is -0.495 e. The number of carbonyl (C=O) groups excluding carboxylic acids is 1. The van der Waals surface area contributed by atoms with Gasteiger partial charge in [-0.15, -0.1) is 0 Å². The topological polar surface area (TPSA) is 88.6 Å². The largest absolute Gasteiger partial charge is 0.495 e. The average molecular weight is 522 g/mol. The molecule has 1 unspecified atom stereocenters. The molecule has 1 atom stereocenters. The van der Waals surface area contributed by atoms with Crippen molar-refractivity contribution in [3.8, 4) is 17.4 Å². The minimum atomic E-state index is -0.314. The van der Waals surface area contributed by atoms with Crippen LogP contribution in [-0.2, 0) is 11.2 Å². The first-order valence-electron chi connectivity index (χ1n) is 12.3. The van der Waals surface area contributed by atoms with E-state index in [9.17, 15) is 4.79 Å². The summed E-state index contributed by atoms with van der Waals surface area (Å²) < 4.78 is 11.6. The van der Waals surface area contributed by atoms with E-state index >= 15 is 0 Å². The molecule has 1 amide bonds. The van der Waals surface area contributed by atoms with Gasteiger partial charge in [-0.2, -0.15) is 4.98 Å². The Hall–Kier alpha value is -3.62. The number of carbonyl (C=O) groups is 1. The quantitative estimate of drug-likeness (QED) is 0.330. The van der Waals surface area contributed by atoms with Crippen molar-refractivity contribution in [1.29, 1.82) is 0 Å². The molecule has 0 aliphatic carbocycles. The van der Waals surface area contributed by atoms with Gasteiger partial charge >= 0.3 is 0 Å². The molecule has 1 aromatic heterocycles. The van der Waals surface area contributed by atoms with Crippen LogP contribution in [-0.4, -0.2) is 48.0 Å². The molecule has 9 heteroatoms. The SMILES string of the molecule is C=CC(=O)Nc1cccc(Oc2nc(Nc3ccc(CC4CCCN(C)CC4)cc3OC)ncc2Cl)c1. The van der Waals surface area contributed by atoms with Crippen molar-refractivity contribution in [3.05, 3.63) is 71.9 Å². The van der Waals surface area contributed by atoms with E-state index in [0.717, 1.165) is 24.4 Å². The Morgan fingerprint density at radius 2 is 2.11 bits per heavy atom. The highest BCUT2D eigenvalue weighted by molar-refractivity contribution is 6.31. The number of nitrogens with zero attached hydrogens (tertiary/aromatic N) is 3. The summed E-state index contributed by atoms with van der Waals surface area (Å²) in [4.78, 5) is 22.7. The van der Waals surface area contributed by atoms with Gasteiger partial charge in [0.05, 0.1) is 19.0 Å². The van der Waals surface area contributed by atoms with E-state index in [-0.39, 0.29) is 16.8 Å². The first kappa shape index (κ1) is 26.4. The highest BCUT2D eigenvalue weighted by atomic mass is 35.5. The zero-order valence-corrected chi connectivity index (χ0v) is 21.9. The van der Waals surface area contributed by atoms with Crippen LogP contribution in [0.15, 0.2) is 61.3 Å². The van der Waals surface area contributed by atoms with Crippen LogP contribution in [0.25, 0.3) is 0 Å². The Balaban J connectivity index is 1.46. The third kappa shape index (κ3) is 7.44. The van der Waals surface area contributed by atoms with Gasteiger partial charge in [-0.25, -0.2) is 4.98 Å². The van der Waals surface area contributed by atoms with E-state index in [2.05, 4.69) is 51.3 Å². The van der Waals surface area contributed by atoms with Gasteiger partial charge in [-0.1, -0.05) is 30.3 Å². The Morgan fingerprint density at radius 1 is 1.24 bits per heavy atom. The first-order chi connectivity index (χ1) is 17.9. The Bertz CT molecular complexity index is 1250. The number of hydrogen-bond acceptors (Lipinski definition) is 7. The van der Waals surface area contributed by atoms with Crippen LogP contribution in [0.3, 0.4) is 0 Å². The monoisotopic (exact) mass is 521 g/mol. The third-order valence-electron chi connectivity index (χ3n) is 6.32. The van der Waals surface area contributed by atoms with Crippen LogP contribution < -0.4 is 20.1 Å². The van der Waals surface area contributed by atoms with Crippen molar-refractivity contribution in [2.75, 3.05) is 37.9 Å². The molecule has 1 aliphatic heterocycles. The van der Waals surface area contributed by atoms with Gasteiger partial charge in [0.2, 0.25) is 17.7 Å². The second-order valence-corrected chi connectivity index (χ2v) is 9.54. The van der Waals surface area contributed by atoms with Gasteiger partial charge in [-0.05, 0) is 87.6 Å². The maximum absolute atomic E-state index is 11.6. The van der Waals surface area contributed by atoms with Gasteiger partial charge in [-0.3, -0.25) is 4.79 Å². The lowest BCUT2D eigenvalue weighted by Gasteiger charge is -2.17. The fraction of sp³-hybridized carbons (Fsp3) is 0.321. The maximum Gasteiger partial charge on any atom is 0.247 e. The predicted octanol–water partition coefficient (Wildman–Crippen LogP) is 6.07. The number of nitrogens with one attached hydrogen (secondary N) is 2. The summed E-state index contributed by atoms with van der Waals surface area (Å²) in [5, 5.41) is 6.15. The highest BCUT2D eigenvalue weighted by Crippen LogP contribution is 2.33. The number of ether oxygens (including phenoxy) is 2. The molecule has 2 N–H and O–H groups in total. The number of aromatic nitrogens is 2. The lowest BCUT2D eigenvalue weighted by atomic mass is 9.92. The van der Waals surface area contributed by atoms with E-state index in [1.807, 2.05) is 6.07 Å². The molecular formula is C28H32ClN5O3. The summed E-state index contributed by atoms with van der Waals surface area (Å²) in [6, 6.07) is 13.1. The Labute approximate surface area is 222 Å². The average Bonchev–Trinajstić information content (AvgIpc) is 3.10. The third-order valence-corrected chi connectivity index (χ3v) is 6.58. The normalized spacial score (nSPS) is 15.9. The summed E-state index contributed by atoms with van der Waals surface area (Å²) in [5.74, 6) is 2.03. The van der Waals surface area contributed by atoms with Gasteiger partial charge in [0, 0.05) is 11.8 Å². The lowest BCUT2D eigenvalue weighted by molar-refractivity contribution is -0.111. The van der Waals surface area contributed by atoms with Crippen molar-refractivity contribution in [1.82, 2.24) is 14.9 Å². The molecule has 194 valence electrons. The highest BCUT2D eigenvalue weighted by Gasteiger charge is 2.17. The number of halogens is 1. The number of amides is 1. The van der Waals surface area contributed by atoms with Crippen LogP contribution in [0.2, 0.25) is 5.02 Å². The van der Waals surface area contributed by atoms with E-state index in [4.69, 9.17) is 21.1 Å². The number of anilines is 3. The smallest absolute Gasteiger partial charge is 0.247 e. The van der Waals surface area contributed by atoms with Crippen molar-refractivity contribution in [2.45, 2.75) is 25.7 Å². The zero-order valence-electron chi connectivity index (χ0n) is 21.2. The number of methoxy groups -OCH3 is 1. The van der Waals surface area contributed by atoms with E-state index in [1.54, 1.807) is 31.4 Å². The molecule has 2 aromatic carbocycles. The first-order valence-corrected chi connectivity index (χ1v) is 12.7. The second kappa shape index (κ2) is 12.6. The van der Waals surface area contributed by atoms with Crippen LogP contribution >= 0.6 is 11.6 Å². The van der Waals surface area contributed by atoms with Crippen molar-refractivity contribution in [2.24, 2.45) is 5.92 Å². The lowest BCUT2D eigenvalue weighted by Crippen LogP contribution is -2.19. The Morgan fingerprint density at radius 3 is 2.92 bits per heavy atom. The second-order valence-electron chi connectivity index (χ2n) is 9.13. The van der Waals surface area contributed by atoms with Gasteiger partial charge in [0.15, 0.2) is 0 Å². The summed E-state index contributed by atoms with van der Waals surface area (Å²) in [6.45, 7) is 5.78. The van der Waals surface area contributed by atoms with Crippen molar-refractivity contribution >= 4 is 34.8 Å². The predicted molar refractivity (Wildman–Crippen MR) is 147 cm³/mol. The number of likely N-dealkylation sites (tertiary alicyclic amines) is 1. The molecule has 0 spiro atoms. The van der Waals surface area contributed by atoms with Gasteiger partial charge < -0.3 is 25.0 Å². The number of benzene rings is 2. The summed E-state index contributed by atoms with van der Waals surface area (Å²) in [7, 11) is 3.85. The molecule has 4 rings (SSSR count).